The molecule has 0 saturated carbocycles. The van der Waals surface area contributed by atoms with Gasteiger partial charge in [0.15, 0.2) is 0 Å². The molecule has 0 heterocycles. The van der Waals surface area contributed by atoms with E-state index in [0.29, 0.717) is 17.9 Å². The number of carbonyl (C=O) groups is 1. The molecule has 0 saturated heterocycles. The van der Waals surface area contributed by atoms with Gasteiger partial charge in [-0.15, -0.1) is 0 Å². The SMILES string of the molecule is CCOC(=O)/C(C)=C/c1cc(N)c(NC)cc1C. The summed E-state index contributed by atoms with van der Waals surface area (Å²) in [4.78, 5) is 11.5. The lowest BCUT2D eigenvalue weighted by Gasteiger charge is -2.10. The van der Waals surface area contributed by atoms with E-state index in [-0.39, 0.29) is 5.97 Å². The normalized spacial score (nSPS) is 11.2. The van der Waals surface area contributed by atoms with Gasteiger partial charge in [0, 0.05) is 12.6 Å². The van der Waals surface area contributed by atoms with Crippen LogP contribution in [0.2, 0.25) is 0 Å². The van der Waals surface area contributed by atoms with Crippen LogP contribution in [0.15, 0.2) is 17.7 Å². The van der Waals surface area contributed by atoms with E-state index in [2.05, 4.69) is 5.32 Å². The Morgan fingerprint density at radius 3 is 2.72 bits per heavy atom. The number of rotatable bonds is 4. The zero-order valence-corrected chi connectivity index (χ0v) is 11.3. The van der Waals surface area contributed by atoms with Crippen LogP contribution < -0.4 is 11.1 Å². The van der Waals surface area contributed by atoms with Crippen LogP contribution in [0.5, 0.6) is 0 Å². The molecule has 0 bridgehead atoms. The Morgan fingerprint density at radius 1 is 1.50 bits per heavy atom. The molecule has 0 spiro atoms. The molecule has 0 aliphatic rings. The highest BCUT2D eigenvalue weighted by molar-refractivity contribution is 5.93. The first-order valence-corrected chi connectivity index (χ1v) is 5.92. The molecule has 0 amide bonds. The summed E-state index contributed by atoms with van der Waals surface area (Å²) < 4.78 is 4.94. The second kappa shape index (κ2) is 6.10. The van der Waals surface area contributed by atoms with Crippen LogP contribution in [0.3, 0.4) is 0 Å². The number of nitrogens with two attached hydrogens (primary N) is 1. The van der Waals surface area contributed by atoms with Crippen LogP contribution in [0.4, 0.5) is 11.4 Å². The van der Waals surface area contributed by atoms with Gasteiger partial charge >= 0.3 is 5.97 Å². The molecule has 1 rings (SSSR count). The van der Waals surface area contributed by atoms with Crippen molar-refractivity contribution in [1.82, 2.24) is 0 Å². The minimum absolute atomic E-state index is 0.298. The molecule has 0 aliphatic carbocycles. The maximum atomic E-state index is 11.5. The summed E-state index contributed by atoms with van der Waals surface area (Å²) >= 11 is 0. The standard InChI is InChI=1S/C14H20N2O2/c1-5-18-14(17)10(3)6-11-8-12(15)13(16-4)7-9(11)2/h6-8,16H,5,15H2,1-4H3/b10-6+. The number of hydrogen-bond donors (Lipinski definition) is 2. The fourth-order valence-electron chi connectivity index (χ4n) is 1.65. The molecule has 0 aliphatic heterocycles. The monoisotopic (exact) mass is 248 g/mol. The van der Waals surface area contributed by atoms with Crippen molar-refractivity contribution in [3.8, 4) is 0 Å². The van der Waals surface area contributed by atoms with Gasteiger partial charge in [0.2, 0.25) is 0 Å². The number of hydrogen-bond acceptors (Lipinski definition) is 4. The summed E-state index contributed by atoms with van der Waals surface area (Å²) in [5.41, 5.74) is 10.00. The van der Waals surface area contributed by atoms with Crippen molar-refractivity contribution in [2.24, 2.45) is 0 Å². The van der Waals surface area contributed by atoms with E-state index in [1.165, 1.54) is 0 Å². The molecule has 0 unspecified atom stereocenters. The molecule has 1 aromatic rings. The molecule has 0 radical (unpaired) electrons. The molecule has 4 nitrogen and oxygen atoms in total. The fourth-order valence-corrected chi connectivity index (χ4v) is 1.65. The highest BCUT2D eigenvalue weighted by Crippen LogP contribution is 2.24. The van der Waals surface area contributed by atoms with Gasteiger partial charge in [-0.25, -0.2) is 4.79 Å². The van der Waals surface area contributed by atoms with Crippen molar-refractivity contribution >= 4 is 23.4 Å². The van der Waals surface area contributed by atoms with Gasteiger partial charge in [0.05, 0.1) is 18.0 Å². The van der Waals surface area contributed by atoms with E-state index < -0.39 is 0 Å². The van der Waals surface area contributed by atoms with Gasteiger partial charge in [-0.05, 0) is 50.1 Å². The Hall–Kier alpha value is -1.97. The minimum Gasteiger partial charge on any atom is -0.463 e. The summed E-state index contributed by atoms with van der Waals surface area (Å²) in [5.74, 6) is -0.298. The lowest BCUT2D eigenvalue weighted by Crippen LogP contribution is -2.05. The number of anilines is 2. The van der Waals surface area contributed by atoms with Crippen molar-refractivity contribution in [2.45, 2.75) is 20.8 Å². The van der Waals surface area contributed by atoms with Crippen LogP contribution in [-0.4, -0.2) is 19.6 Å². The molecule has 4 heteroatoms. The third-order valence-corrected chi connectivity index (χ3v) is 2.68. The zero-order valence-electron chi connectivity index (χ0n) is 11.3. The van der Waals surface area contributed by atoms with Gasteiger partial charge in [-0.3, -0.25) is 0 Å². The molecule has 0 fully saturated rings. The molecule has 0 atom stereocenters. The summed E-state index contributed by atoms with van der Waals surface area (Å²) in [7, 11) is 1.82. The maximum absolute atomic E-state index is 11.5. The first-order valence-electron chi connectivity index (χ1n) is 5.92. The number of nitrogen functional groups attached to an aromatic ring is 1. The number of esters is 1. The Kier molecular flexibility index (Phi) is 4.77. The highest BCUT2D eigenvalue weighted by Gasteiger charge is 2.07. The van der Waals surface area contributed by atoms with Crippen LogP contribution in [0, 0.1) is 6.92 Å². The predicted octanol–water partition coefficient (Wildman–Crippen LogP) is 2.59. The van der Waals surface area contributed by atoms with Crippen molar-refractivity contribution in [2.75, 3.05) is 24.7 Å². The zero-order chi connectivity index (χ0) is 13.7. The third-order valence-electron chi connectivity index (χ3n) is 2.68. The molecular formula is C14H20N2O2. The Morgan fingerprint density at radius 2 is 2.17 bits per heavy atom. The molecule has 18 heavy (non-hydrogen) atoms. The van der Waals surface area contributed by atoms with E-state index in [1.807, 2.05) is 26.1 Å². The lowest BCUT2D eigenvalue weighted by atomic mass is 10.0. The van der Waals surface area contributed by atoms with Crippen LogP contribution in [0.25, 0.3) is 6.08 Å². The van der Waals surface area contributed by atoms with Gasteiger partial charge in [0.25, 0.3) is 0 Å². The fraction of sp³-hybridized carbons (Fsp3) is 0.357. The van der Waals surface area contributed by atoms with E-state index in [0.717, 1.165) is 16.8 Å². The lowest BCUT2D eigenvalue weighted by molar-refractivity contribution is -0.138. The molecule has 3 N–H and O–H groups in total. The Balaban J connectivity index is 3.07. The van der Waals surface area contributed by atoms with Crippen molar-refractivity contribution in [3.63, 3.8) is 0 Å². The van der Waals surface area contributed by atoms with E-state index in [9.17, 15) is 4.79 Å². The predicted molar refractivity (Wildman–Crippen MR) is 75.4 cm³/mol. The average molecular weight is 248 g/mol. The van der Waals surface area contributed by atoms with Gasteiger partial charge in [-0.1, -0.05) is 0 Å². The molecule has 98 valence electrons. The number of nitrogens with one attached hydrogen (secondary N) is 1. The Labute approximate surface area is 108 Å². The number of benzene rings is 1. The van der Waals surface area contributed by atoms with Gasteiger partial charge in [0.1, 0.15) is 0 Å². The minimum atomic E-state index is -0.298. The summed E-state index contributed by atoms with van der Waals surface area (Å²) in [5, 5.41) is 3.02. The molecule has 0 aromatic heterocycles. The molecular weight excluding hydrogens is 228 g/mol. The summed E-state index contributed by atoms with van der Waals surface area (Å²) in [6, 6.07) is 3.81. The highest BCUT2D eigenvalue weighted by atomic mass is 16.5. The van der Waals surface area contributed by atoms with E-state index in [4.69, 9.17) is 10.5 Å². The first kappa shape index (κ1) is 14.1. The summed E-state index contributed by atoms with van der Waals surface area (Å²) in [6.45, 7) is 5.88. The van der Waals surface area contributed by atoms with Crippen molar-refractivity contribution in [1.29, 1.82) is 0 Å². The quantitative estimate of drug-likeness (QED) is 0.488. The number of ether oxygens (including phenoxy) is 1. The van der Waals surface area contributed by atoms with E-state index in [1.54, 1.807) is 19.9 Å². The van der Waals surface area contributed by atoms with Crippen LogP contribution >= 0.6 is 0 Å². The van der Waals surface area contributed by atoms with E-state index >= 15 is 0 Å². The van der Waals surface area contributed by atoms with Crippen molar-refractivity contribution in [3.05, 3.63) is 28.8 Å². The maximum Gasteiger partial charge on any atom is 0.333 e. The number of aryl methyl sites for hydroxylation is 1. The largest absolute Gasteiger partial charge is 0.463 e. The number of carbonyl (C=O) groups excluding carboxylic acids is 1. The second-order valence-corrected chi connectivity index (χ2v) is 4.09. The van der Waals surface area contributed by atoms with Gasteiger partial charge in [-0.2, -0.15) is 0 Å². The molecule has 1 aromatic carbocycles. The van der Waals surface area contributed by atoms with Crippen LogP contribution in [0.1, 0.15) is 25.0 Å². The smallest absolute Gasteiger partial charge is 0.333 e. The third kappa shape index (κ3) is 3.26. The van der Waals surface area contributed by atoms with Gasteiger partial charge < -0.3 is 15.8 Å². The first-order chi connectivity index (χ1) is 8.49. The van der Waals surface area contributed by atoms with Crippen molar-refractivity contribution < 1.29 is 9.53 Å². The second-order valence-electron chi connectivity index (χ2n) is 4.09. The Bertz CT molecular complexity index is 479. The van der Waals surface area contributed by atoms with Crippen LogP contribution in [-0.2, 0) is 9.53 Å². The average Bonchev–Trinajstić information content (AvgIpc) is 2.33. The topological polar surface area (TPSA) is 64.3 Å². The summed E-state index contributed by atoms with van der Waals surface area (Å²) in [6.07, 6.45) is 1.79.